The van der Waals surface area contributed by atoms with E-state index < -0.39 is 22.0 Å². The van der Waals surface area contributed by atoms with Gasteiger partial charge < -0.3 is 20.1 Å². The molecule has 2 amide bonds. The van der Waals surface area contributed by atoms with Gasteiger partial charge >= 0.3 is 0 Å². The molecule has 4 rings (SSSR count). The molecule has 1 saturated heterocycles. The summed E-state index contributed by atoms with van der Waals surface area (Å²) in [6.45, 7) is 0.0769. The largest absolute Gasteiger partial charge is 0.495 e. The first kappa shape index (κ1) is 21.4. The fourth-order valence-electron chi connectivity index (χ4n) is 3.64. The van der Waals surface area contributed by atoms with Gasteiger partial charge in [0.2, 0.25) is 15.9 Å². The highest BCUT2D eigenvalue weighted by Crippen LogP contribution is 2.34. The van der Waals surface area contributed by atoms with Crippen LogP contribution in [0, 0.1) is 0 Å². The number of halogens is 1. The van der Waals surface area contributed by atoms with E-state index in [1.165, 1.54) is 35.7 Å². The van der Waals surface area contributed by atoms with E-state index in [1.54, 1.807) is 12.1 Å². The standard InChI is InChI=1S/C20H20ClN3O6S/c1-29-17-6-4-12(21)9-14(17)23-20(26)16-3-2-8-24(16)31(27,28)13-5-7-18-15(10-13)22-19(25)11-30-18/h4-7,9-10,16H,2-3,8,11H2,1H3,(H,22,25)(H,23,26). The van der Waals surface area contributed by atoms with Crippen molar-refractivity contribution in [2.24, 2.45) is 0 Å². The van der Waals surface area contributed by atoms with Crippen LogP contribution in [0.4, 0.5) is 11.4 Å². The highest BCUT2D eigenvalue weighted by Gasteiger charge is 2.40. The number of nitrogens with zero attached hydrogens (tertiary/aromatic N) is 1. The van der Waals surface area contributed by atoms with Gasteiger partial charge in [0.15, 0.2) is 6.61 Å². The first-order chi connectivity index (χ1) is 14.8. The molecule has 0 bridgehead atoms. The molecule has 11 heteroatoms. The van der Waals surface area contributed by atoms with E-state index in [-0.39, 0.29) is 29.6 Å². The highest BCUT2D eigenvalue weighted by molar-refractivity contribution is 7.89. The number of fused-ring (bicyclic) bond motifs is 1. The summed E-state index contributed by atoms with van der Waals surface area (Å²) in [5.74, 6) is -0.0370. The van der Waals surface area contributed by atoms with Gasteiger partial charge in [0, 0.05) is 11.6 Å². The van der Waals surface area contributed by atoms with Crippen molar-refractivity contribution < 1.29 is 27.5 Å². The third-order valence-corrected chi connectivity index (χ3v) is 7.26. The monoisotopic (exact) mass is 465 g/mol. The minimum atomic E-state index is -3.99. The van der Waals surface area contributed by atoms with Gasteiger partial charge in [-0.1, -0.05) is 11.6 Å². The SMILES string of the molecule is COc1ccc(Cl)cc1NC(=O)C1CCCN1S(=O)(=O)c1ccc2c(c1)NC(=O)CO2. The van der Waals surface area contributed by atoms with E-state index in [2.05, 4.69) is 10.6 Å². The molecule has 2 aliphatic heterocycles. The number of amides is 2. The molecule has 0 radical (unpaired) electrons. The highest BCUT2D eigenvalue weighted by atomic mass is 35.5. The molecule has 1 fully saturated rings. The fraction of sp³-hybridized carbons (Fsp3) is 0.300. The smallest absolute Gasteiger partial charge is 0.262 e. The van der Waals surface area contributed by atoms with Gasteiger partial charge in [0.1, 0.15) is 17.5 Å². The number of sulfonamides is 1. The van der Waals surface area contributed by atoms with E-state index >= 15 is 0 Å². The summed E-state index contributed by atoms with van der Waals surface area (Å²) in [6, 6.07) is 8.12. The van der Waals surface area contributed by atoms with Gasteiger partial charge in [-0.2, -0.15) is 4.31 Å². The molecule has 0 saturated carbocycles. The summed E-state index contributed by atoms with van der Waals surface area (Å²) in [4.78, 5) is 24.5. The van der Waals surface area contributed by atoms with Crippen molar-refractivity contribution >= 4 is 44.8 Å². The van der Waals surface area contributed by atoms with Gasteiger partial charge in [-0.3, -0.25) is 9.59 Å². The predicted octanol–water partition coefficient (Wildman–Crippen LogP) is 2.47. The Labute approximate surface area is 184 Å². The van der Waals surface area contributed by atoms with Gasteiger partial charge in [-0.05, 0) is 49.2 Å². The van der Waals surface area contributed by atoms with Gasteiger partial charge in [-0.25, -0.2) is 8.42 Å². The summed E-state index contributed by atoms with van der Waals surface area (Å²) in [5, 5.41) is 5.72. The molecule has 164 valence electrons. The van der Waals surface area contributed by atoms with Crippen molar-refractivity contribution in [2.45, 2.75) is 23.8 Å². The molecule has 1 atom stereocenters. The summed E-state index contributed by atoms with van der Waals surface area (Å²) in [5.41, 5.74) is 0.638. The first-order valence-corrected chi connectivity index (χ1v) is 11.3. The molecule has 2 aromatic carbocycles. The van der Waals surface area contributed by atoms with Crippen molar-refractivity contribution in [1.29, 1.82) is 0 Å². The van der Waals surface area contributed by atoms with E-state index in [0.717, 1.165) is 0 Å². The molecule has 2 aromatic rings. The van der Waals surface area contributed by atoms with E-state index in [9.17, 15) is 18.0 Å². The lowest BCUT2D eigenvalue weighted by atomic mass is 10.2. The third kappa shape index (κ3) is 4.18. The Hall–Kier alpha value is -2.82. The Morgan fingerprint density at radius 3 is 2.87 bits per heavy atom. The molecule has 9 nitrogen and oxygen atoms in total. The minimum absolute atomic E-state index is 0.0305. The van der Waals surface area contributed by atoms with Crippen LogP contribution in [0.1, 0.15) is 12.8 Å². The number of ether oxygens (including phenoxy) is 2. The normalized spacial score (nSPS) is 18.6. The molecule has 31 heavy (non-hydrogen) atoms. The molecule has 2 aliphatic rings. The average Bonchev–Trinajstić information content (AvgIpc) is 3.24. The van der Waals surface area contributed by atoms with E-state index in [1.807, 2.05) is 0 Å². The lowest BCUT2D eigenvalue weighted by Crippen LogP contribution is -2.43. The van der Waals surface area contributed by atoms with Crippen molar-refractivity contribution in [2.75, 3.05) is 30.9 Å². The average molecular weight is 466 g/mol. The molecule has 2 heterocycles. The molecule has 0 aliphatic carbocycles. The van der Waals surface area contributed by atoms with E-state index in [0.29, 0.717) is 35.1 Å². The third-order valence-electron chi connectivity index (χ3n) is 5.12. The number of benzene rings is 2. The van der Waals surface area contributed by atoms with Crippen LogP contribution in [0.15, 0.2) is 41.3 Å². The molecule has 2 N–H and O–H groups in total. The van der Waals surface area contributed by atoms with Crippen molar-refractivity contribution in [3.63, 3.8) is 0 Å². The van der Waals surface area contributed by atoms with Crippen LogP contribution in [0.3, 0.4) is 0 Å². The van der Waals surface area contributed by atoms with E-state index in [4.69, 9.17) is 21.1 Å². The van der Waals surface area contributed by atoms with Crippen LogP contribution in [0.2, 0.25) is 5.02 Å². The van der Waals surface area contributed by atoms with Crippen molar-refractivity contribution in [3.05, 3.63) is 41.4 Å². The van der Waals surface area contributed by atoms with Crippen LogP contribution < -0.4 is 20.1 Å². The van der Waals surface area contributed by atoms with Gasteiger partial charge in [0.05, 0.1) is 23.4 Å². The quantitative estimate of drug-likeness (QED) is 0.701. The second-order valence-electron chi connectivity index (χ2n) is 7.10. The number of hydrogen-bond acceptors (Lipinski definition) is 6. The summed E-state index contributed by atoms with van der Waals surface area (Å²) < 4.78 is 38.3. The lowest BCUT2D eigenvalue weighted by molar-refractivity contribution is -0.119. The van der Waals surface area contributed by atoms with Crippen molar-refractivity contribution in [3.8, 4) is 11.5 Å². The number of nitrogens with one attached hydrogen (secondary N) is 2. The Kier molecular flexibility index (Phi) is 5.78. The Morgan fingerprint density at radius 1 is 1.29 bits per heavy atom. The van der Waals surface area contributed by atoms with Crippen LogP contribution in [-0.4, -0.2) is 50.8 Å². The molecule has 1 unspecified atom stereocenters. The van der Waals surface area contributed by atoms with Gasteiger partial charge in [-0.15, -0.1) is 0 Å². The fourth-order valence-corrected chi connectivity index (χ4v) is 5.50. The number of methoxy groups -OCH3 is 1. The van der Waals surface area contributed by atoms with Crippen LogP contribution in [0.5, 0.6) is 11.5 Å². The second kappa shape index (κ2) is 8.37. The zero-order valence-electron chi connectivity index (χ0n) is 16.6. The summed E-state index contributed by atoms with van der Waals surface area (Å²) in [7, 11) is -2.53. The lowest BCUT2D eigenvalue weighted by Gasteiger charge is -2.25. The first-order valence-electron chi connectivity index (χ1n) is 9.52. The number of rotatable bonds is 5. The van der Waals surface area contributed by atoms with Crippen LogP contribution in [0.25, 0.3) is 0 Å². The number of carbonyl (C=O) groups is 2. The molecule has 0 spiro atoms. The predicted molar refractivity (Wildman–Crippen MR) is 114 cm³/mol. The number of carbonyl (C=O) groups excluding carboxylic acids is 2. The zero-order chi connectivity index (χ0) is 22.2. The Balaban J connectivity index is 1.59. The van der Waals surface area contributed by atoms with Gasteiger partial charge in [0.25, 0.3) is 5.91 Å². The topological polar surface area (TPSA) is 114 Å². The van der Waals surface area contributed by atoms with Crippen molar-refractivity contribution in [1.82, 2.24) is 4.31 Å². The zero-order valence-corrected chi connectivity index (χ0v) is 18.1. The maximum Gasteiger partial charge on any atom is 0.262 e. The maximum absolute atomic E-state index is 13.3. The molecular weight excluding hydrogens is 446 g/mol. The molecular formula is C20H20ClN3O6S. The Bertz CT molecular complexity index is 1150. The minimum Gasteiger partial charge on any atom is -0.495 e. The second-order valence-corrected chi connectivity index (χ2v) is 9.43. The Morgan fingerprint density at radius 2 is 2.10 bits per heavy atom. The summed E-state index contributed by atoms with van der Waals surface area (Å²) in [6.07, 6.45) is 0.910. The summed E-state index contributed by atoms with van der Waals surface area (Å²) >= 11 is 6.01. The maximum atomic E-state index is 13.3. The molecule has 0 aromatic heterocycles. The number of hydrogen-bond donors (Lipinski definition) is 2. The number of anilines is 2. The van der Waals surface area contributed by atoms with Crippen LogP contribution in [-0.2, 0) is 19.6 Å². The van der Waals surface area contributed by atoms with Crippen LogP contribution >= 0.6 is 11.6 Å².